The lowest BCUT2D eigenvalue weighted by atomic mass is 10.0. The zero-order valence-corrected chi connectivity index (χ0v) is 27.1. The monoisotopic (exact) mass is 646 g/mol. The minimum absolute atomic E-state index is 0.0266. The normalized spacial score (nSPS) is 14.7. The Morgan fingerprint density at radius 1 is 0.891 bits per heavy atom. The lowest BCUT2D eigenvalue weighted by Crippen LogP contribution is -2.55. The Morgan fingerprint density at radius 3 is 2.07 bits per heavy atom. The topological polar surface area (TPSA) is 207 Å². The highest BCUT2D eigenvalue weighted by atomic mass is 32.2. The van der Waals surface area contributed by atoms with E-state index in [1.54, 1.807) is 65.6 Å². The van der Waals surface area contributed by atoms with E-state index in [1.807, 2.05) is 20.8 Å². The molecule has 0 aliphatic carbocycles. The van der Waals surface area contributed by atoms with Crippen LogP contribution in [0.4, 0.5) is 4.79 Å². The summed E-state index contributed by atoms with van der Waals surface area (Å²) >= 11 is 0. The van der Waals surface area contributed by atoms with Gasteiger partial charge >= 0.3 is 6.03 Å². The van der Waals surface area contributed by atoms with Crippen LogP contribution in [0.3, 0.4) is 0 Å². The summed E-state index contributed by atoms with van der Waals surface area (Å²) in [4.78, 5) is 27.9. The molecule has 1 aliphatic heterocycles. The molecule has 1 aliphatic rings. The number of amides is 3. The minimum atomic E-state index is -4.19. The summed E-state index contributed by atoms with van der Waals surface area (Å²) in [7, 11) is -4.19. The Hall–Kier alpha value is -4.75. The summed E-state index contributed by atoms with van der Waals surface area (Å²) in [6.07, 6.45) is 1.07. The van der Waals surface area contributed by atoms with Crippen LogP contribution < -0.4 is 26.8 Å². The average Bonchev–Trinajstić information content (AvgIpc) is 3.00. The summed E-state index contributed by atoms with van der Waals surface area (Å²) in [5.74, 6) is -0.628. The molecular formula is C33H42N8O4S. The van der Waals surface area contributed by atoms with Crippen molar-refractivity contribution in [3.63, 3.8) is 0 Å². The molecule has 46 heavy (non-hydrogen) atoms. The zero-order valence-electron chi connectivity index (χ0n) is 26.3. The first-order valence-electron chi connectivity index (χ1n) is 15.0. The third-order valence-corrected chi connectivity index (χ3v) is 9.02. The number of hydrogen-bond acceptors (Lipinski definition) is 6. The van der Waals surface area contributed by atoms with Gasteiger partial charge in [-0.05, 0) is 81.0 Å². The second kappa shape index (κ2) is 14.1. The second-order valence-corrected chi connectivity index (χ2v) is 14.2. The van der Waals surface area contributed by atoms with E-state index in [2.05, 4.69) is 15.4 Å². The van der Waals surface area contributed by atoms with Crippen LogP contribution in [0.1, 0.15) is 50.3 Å². The maximum Gasteiger partial charge on any atom is 0.315 e. The molecule has 3 aromatic rings. The van der Waals surface area contributed by atoms with Gasteiger partial charge in [0, 0.05) is 35.8 Å². The molecule has 1 fully saturated rings. The van der Waals surface area contributed by atoms with Crippen molar-refractivity contribution in [3.05, 3.63) is 89.5 Å². The zero-order chi connectivity index (χ0) is 33.6. The van der Waals surface area contributed by atoms with E-state index < -0.39 is 16.1 Å². The highest BCUT2D eigenvalue weighted by Gasteiger charge is 2.32. The Bertz CT molecular complexity index is 1730. The van der Waals surface area contributed by atoms with Gasteiger partial charge in [0.05, 0.1) is 4.90 Å². The van der Waals surface area contributed by atoms with Gasteiger partial charge in [0.1, 0.15) is 17.7 Å². The van der Waals surface area contributed by atoms with Crippen LogP contribution in [0.15, 0.2) is 77.7 Å². The maximum atomic E-state index is 13.9. The smallest absolute Gasteiger partial charge is 0.315 e. The lowest BCUT2D eigenvalue weighted by Gasteiger charge is -2.35. The minimum Gasteiger partial charge on any atom is -0.384 e. The molecule has 4 rings (SSSR count). The van der Waals surface area contributed by atoms with Crippen LogP contribution in [0.25, 0.3) is 11.1 Å². The Morgan fingerprint density at radius 2 is 1.46 bits per heavy atom. The van der Waals surface area contributed by atoms with Crippen molar-refractivity contribution in [1.29, 1.82) is 10.8 Å². The van der Waals surface area contributed by atoms with Crippen molar-refractivity contribution in [3.8, 4) is 11.1 Å². The van der Waals surface area contributed by atoms with E-state index in [0.717, 1.165) is 0 Å². The molecular weight excluding hydrogens is 604 g/mol. The molecule has 12 nitrogen and oxygen atoms in total. The van der Waals surface area contributed by atoms with Crippen molar-refractivity contribution in [1.82, 2.24) is 20.3 Å². The van der Waals surface area contributed by atoms with Gasteiger partial charge in [-0.1, -0.05) is 48.5 Å². The summed E-state index contributed by atoms with van der Waals surface area (Å²) < 4.78 is 30.2. The number of nitrogen functional groups attached to an aromatic ring is 2. The Labute approximate surface area is 270 Å². The third kappa shape index (κ3) is 9.14. The van der Waals surface area contributed by atoms with E-state index in [9.17, 15) is 18.0 Å². The fourth-order valence-corrected chi connectivity index (χ4v) is 6.51. The van der Waals surface area contributed by atoms with E-state index in [1.165, 1.54) is 12.1 Å². The van der Waals surface area contributed by atoms with Gasteiger partial charge in [-0.25, -0.2) is 13.2 Å². The number of rotatable bonds is 10. The standard InChI is InChI=1S/C33H42N8O4S/c1-33(2,3)39-32(43)38-26-13-15-41(16-14-26)31(42)28(18-21-7-4-10-24(17-21)29(34)35)40-46(44,45)27-12-6-9-23(20-27)22-8-5-11-25(19-22)30(36)37/h4-12,17,19-20,26,28,40H,13-16,18H2,1-3H3,(H3,34,35)(H3,36,37)(H2,38,39,43)/t28-/m0/s1. The van der Waals surface area contributed by atoms with Gasteiger partial charge in [-0.2, -0.15) is 4.72 Å². The molecule has 1 heterocycles. The number of piperidine rings is 1. The SMILES string of the molecule is CC(C)(C)NC(=O)NC1CCN(C(=O)[C@H](Cc2cccc(C(=N)N)c2)NS(=O)(=O)c2cccc(-c3cccc(C(=N)N)c3)c2)CC1. The number of amidine groups is 2. The van der Waals surface area contributed by atoms with Gasteiger partial charge < -0.3 is 27.0 Å². The van der Waals surface area contributed by atoms with Crippen LogP contribution in [-0.4, -0.2) is 67.6 Å². The Balaban J connectivity index is 1.56. The maximum absolute atomic E-state index is 13.9. The van der Waals surface area contributed by atoms with Gasteiger partial charge in [0.2, 0.25) is 15.9 Å². The largest absolute Gasteiger partial charge is 0.384 e. The molecule has 0 unspecified atom stereocenters. The first-order chi connectivity index (χ1) is 21.6. The van der Waals surface area contributed by atoms with Crippen molar-refractivity contribution in [2.24, 2.45) is 11.5 Å². The summed E-state index contributed by atoms with van der Waals surface area (Å²) in [5.41, 5.74) is 13.8. The summed E-state index contributed by atoms with van der Waals surface area (Å²) in [6, 6.07) is 18.6. The van der Waals surface area contributed by atoms with Gasteiger partial charge in [-0.15, -0.1) is 0 Å². The van der Waals surface area contributed by atoms with Crippen LogP contribution in [0.5, 0.6) is 0 Å². The van der Waals surface area contributed by atoms with E-state index >= 15 is 0 Å². The molecule has 0 radical (unpaired) electrons. The predicted octanol–water partition coefficient (Wildman–Crippen LogP) is 2.90. The molecule has 9 N–H and O–H groups in total. The highest BCUT2D eigenvalue weighted by molar-refractivity contribution is 7.89. The predicted molar refractivity (Wildman–Crippen MR) is 179 cm³/mol. The number of carbonyl (C=O) groups excluding carboxylic acids is 2. The third-order valence-electron chi connectivity index (χ3n) is 7.55. The summed E-state index contributed by atoms with van der Waals surface area (Å²) in [6.45, 7) is 6.36. The number of urea groups is 1. The molecule has 3 aromatic carbocycles. The molecule has 0 aromatic heterocycles. The average molecular weight is 647 g/mol. The fraction of sp³-hybridized carbons (Fsp3) is 0.333. The van der Waals surface area contributed by atoms with Gasteiger partial charge in [0.15, 0.2) is 0 Å². The molecule has 3 amide bonds. The second-order valence-electron chi connectivity index (χ2n) is 12.5. The number of nitrogens with two attached hydrogens (primary N) is 2. The van der Waals surface area contributed by atoms with E-state index in [0.29, 0.717) is 53.7 Å². The number of hydrogen-bond donors (Lipinski definition) is 7. The van der Waals surface area contributed by atoms with Crippen molar-refractivity contribution in [2.45, 2.75) is 62.6 Å². The molecule has 244 valence electrons. The van der Waals surface area contributed by atoms with Crippen LogP contribution in [0.2, 0.25) is 0 Å². The number of carbonyl (C=O) groups is 2. The van der Waals surface area contributed by atoms with Crippen LogP contribution >= 0.6 is 0 Å². The number of likely N-dealkylation sites (tertiary alicyclic amines) is 1. The van der Waals surface area contributed by atoms with Crippen molar-refractivity contribution in [2.75, 3.05) is 13.1 Å². The molecule has 1 atom stereocenters. The van der Waals surface area contributed by atoms with Gasteiger partial charge in [-0.3, -0.25) is 15.6 Å². The van der Waals surface area contributed by atoms with E-state index in [4.69, 9.17) is 22.3 Å². The number of nitrogens with one attached hydrogen (secondary N) is 5. The molecule has 13 heteroatoms. The Kier molecular flexibility index (Phi) is 10.5. The van der Waals surface area contributed by atoms with Crippen molar-refractivity contribution < 1.29 is 18.0 Å². The fourth-order valence-electron chi connectivity index (χ4n) is 5.27. The number of nitrogens with zero attached hydrogens (tertiary/aromatic N) is 1. The van der Waals surface area contributed by atoms with Gasteiger partial charge in [0.25, 0.3) is 0 Å². The lowest BCUT2D eigenvalue weighted by molar-refractivity contribution is -0.134. The number of sulfonamides is 1. The van der Waals surface area contributed by atoms with E-state index in [-0.39, 0.29) is 46.5 Å². The first kappa shape index (κ1) is 34.1. The molecule has 1 saturated heterocycles. The van der Waals surface area contributed by atoms with Crippen LogP contribution in [-0.2, 0) is 21.2 Å². The first-order valence-corrected chi connectivity index (χ1v) is 16.5. The summed E-state index contributed by atoms with van der Waals surface area (Å²) in [5, 5.41) is 21.4. The van der Waals surface area contributed by atoms with Crippen LogP contribution in [0, 0.1) is 10.8 Å². The molecule has 0 saturated carbocycles. The molecule has 0 bridgehead atoms. The van der Waals surface area contributed by atoms with Crippen molar-refractivity contribution >= 4 is 33.6 Å². The molecule has 0 spiro atoms. The number of benzene rings is 3. The quantitative estimate of drug-likeness (QED) is 0.130. The highest BCUT2D eigenvalue weighted by Crippen LogP contribution is 2.24.